The van der Waals surface area contributed by atoms with Crippen LogP contribution in [0.15, 0.2) is 64.8 Å². The Morgan fingerprint density at radius 3 is 2.50 bits per heavy atom. The molecule has 1 atom stereocenters. The second-order valence-corrected chi connectivity index (χ2v) is 8.56. The molecule has 166 valence electrons. The van der Waals surface area contributed by atoms with Gasteiger partial charge in [0.05, 0.1) is 18.2 Å². The molecule has 1 N–H and O–H groups in total. The molecular formula is C25H28N4O2S. The van der Waals surface area contributed by atoms with E-state index in [-0.39, 0.29) is 6.04 Å². The van der Waals surface area contributed by atoms with Crippen LogP contribution in [0.25, 0.3) is 17.0 Å². The molecular weight excluding hydrogens is 420 g/mol. The molecule has 1 unspecified atom stereocenters. The normalized spacial score (nSPS) is 16.5. The molecule has 0 aliphatic carbocycles. The van der Waals surface area contributed by atoms with E-state index in [1.54, 1.807) is 0 Å². The molecule has 7 heteroatoms. The molecule has 3 aromatic rings. The van der Waals surface area contributed by atoms with Crippen LogP contribution in [-0.2, 0) is 0 Å². The van der Waals surface area contributed by atoms with Gasteiger partial charge in [0.1, 0.15) is 5.75 Å². The maximum atomic E-state index is 5.79. The van der Waals surface area contributed by atoms with Crippen molar-refractivity contribution in [1.29, 1.82) is 0 Å². The lowest BCUT2D eigenvalue weighted by atomic mass is 9.94. The molecule has 6 nitrogen and oxygen atoms in total. The third-order valence-electron chi connectivity index (χ3n) is 5.36. The average Bonchev–Trinajstić information content (AvgIpc) is 3.27. The second-order valence-electron chi connectivity index (χ2n) is 8.18. The summed E-state index contributed by atoms with van der Waals surface area (Å²) in [5.41, 5.74) is 3.93. The molecule has 0 saturated heterocycles. The standard InChI is InChI=1S/C25H28N4O2S/c1-5-30-20-13-11-19(12-14-20)23-27-24(31-28-23)21-17(4)29(15-16(2)3)25(32)26-22(21)18-9-7-6-8-10-18/h6-14,16,22H,5,15H2,1-4H3,(H,26,32). The van der Waals surface area contributed by atoms with Crippen molar-refractivity contribution < 1.29 is 9.26 Å². The number of benzene rings is 2. The largest absolute Gasteiger partial charge is 0.494 e. The first kappa shape index (κ1) is 22.0. The van der Waals surface area contributed by atoms with Crippen molar-refractivity contribution >= 4 is 22.9 Å². The van der Waals surface area contributed by atoms with Gasteiger partial charge in [-0.15, -0.1) is 0 Å². The Kier molecular flexibility index (Phi) is 6.55. The molecule has 2 heterocycles. The van der Waals surface area contributed by atoms with Crippen molar-refractivity contribution in [2.45, 2.75) is 33.7 Å². The topological polar surface area (TPSA) is 63.4 Å². The van der Waals surface area contributed by atoms with Gasteiger partial charge in [0.2, 0.25) is 5.82 Å². The Balaban J connectivity index is 1.75. The summed E-state index contributed by atoms with van der Waals surface area (Å²) < 4.78 is 11.3. The third kappa shape index (κ3) is 4.53. The minimum atomic E-state index is -0.166. The number of thiocarbonyl (C=S) groups is 1. The van der Waals surface area contributed by atoms with Crippen LogP contribution in [0, 0.1) is 5.92 Å². The highest BCUT2D eigenvalue weighted by Gasteiger charge is 2.34. The maximum absolute atomic E-state index is 5.79. The number of hydrogen-bond acceptors (Lipinski definition) is 5. The molecule has 32 heavy (non-hydrogen) atoms. The highest BCUT2D eigenvalue weighted by molar-refractivity contribution is 7.80. The number of aromatic nitrogens is 2. The van der Waals surface area contributed by atoms with Gasteiger partial charge in [-0.3, -0.25) is 0 Å². The van der Waals surface area contributed by atoms with E-state index in [9.17, 15) is 0 Å². The summed E-state index contributed by atoms with van der Waals surface area (Å²) in [6, 6.07) is 17.7. The van der Waals surface area contributed by atoms with Crippen LogP contribution in [0.4, 0.5) is 0 Å². The minimum absolute atomic E-state index is 0.166. The van der Waals surface area contributed by atoms with Crippen molar-refractivity contribution in [1.82, 2.24) is 20.4 Å². The predicted octanol–water partition coefficient (Wildman–Crippen LogP) is 5.45. The van der Waals surface area contributed by atoms with Gasteiger partial charge in [0, 0.05) is 17.8 Å². The second kappa shape index (κ2) is 9.53. The van der Waals surface area contributed by atoms with E-state index in [4.69, 9.17) is 26.5 Å². The molecule has 2 aromatic carbocycles. The summed E-state index contributed by atoms with van der Waals surface area (Å²) in [6.07, 6.45) is 0. The smallest absolute Gasteiger partial charge is 0.258 e. The van der Waals surface area contributed by atoms with Crippen LogP contribution in [0.2, 0.25) is 0 Å². The van der Waals surface area contributed by atoms with Crippen LogP contribution in [0.5, 0.6) is 5.75 Å². The fourth-order valence-electron chi connectivity index (χ4n) is 3.86. The van der Waals surface area contributed by atoms with E-state index in [1.165, 1.54) is 0 Å². The van der Waals surface area contributed by atoms with Crippen molar-refractivity contribution in [3.05, 3.63) is 71.7 Å². The van der Waals surface area contributed by atoms with Crippen molar-refractivity contribution in [3.63, 3.8) is 0 Å². The quantitative estimate of drug-likeness (QED) is 0.482. The summed E-state index contributed by atoms with van der Waals surface area (Å²) in [6.45, 7) is 9.82. The molecule has 4 rings (SSSR count). The minimum Gasteiger partial charge on any atom is -0.494 e. The zero-order valence-electron chi connectivity index (χ0n) is 18.8. The Morgan fingerprint density at radius 1 is 1.12 bits per heavy atom. The van der Waals surface area contributed by atoms with Gasteiger partial charge in [-0.2, -0.15) is 4.98 Å². The molecule has 0 bridgehead atoms. The molecule has 1 aliphatic rings. The maximum Gasteiger partial charge on any atom is 0.258 e. The highest BCUT2D eigenvalue weighted by atomic mass is 32.1. The lowest BCUT2D eigenvalue weighted by Crippen LogP contribution is -2.47. The van der Waals surface area contributed by atoms with Gasteiger partial charge >= 0.3 is 0 Å². The number of nitrogens with one attached hydrogen (secondary N) is 1. The predicted molar refractivity (Wildman–Crippen MR) is 130 cm³/mol. The van der Waals surface area contributed by atoms with Crippen molar-refractivity contribution in [2.75, 3.05) is 13.2 Å². The molecule has 0 radical (unpaired) electrons. The Labute approximate surface area is 194 Å². The number of hydrogen-bond donors (Lipinski definition) is 1. The summed E-state index contributed by atoms with van der Waals surface area (Å²) in [4.78, 5) is 6.88. The number of allylic oxidation sites excluding steroid dienone is 1. The third-order valence-corrected chi connectivity index (χ3v) is 5.70. The zero-order valence-corrected chi connectivity index (χ0v) is 19.6. The van der Waals surface area contributed by atoms with Gasteiger partial charge in [0.15, 0.2) is 5.11 Å². The van der Waals surface area contributed by atoms with Crippen molar-refractivity contribution in [2.24, 2.45) is 5.92 Å². The van der Waals surface area contributed by atoms with Crippen LogP contribution in [-0.4, -0.2) is 33.3 Å². The number of ether oxygens (including phenoxy) is 1. The number of nitrogens with zero attached hydrogens (tertiary/aromatic N) is 3. The molecule has 0 saturated carbocycles. The van der Waals surface area contributed by atoms with Crippen LogP contribution < -0.4 is 10.1 Å². The number of rotatable bonds is 7. The van der Waals surface area contributed by atoms with Gasteiger partial charge in [-0.1, -0.05) is 49.3 Å². The Hall–Kier alpha value is -3.19. The summed E-state index contributed by atoms with van der Waals surface area (Å²) in [5, 5.41) is 8.47. The Morgan fingerprint density at radius 2 is 1.84 bits per heavy atom. The van der Waals surface area contributed by atoms with Crippen molar-refractivity contribution in [3.8, 4) is 17.1 Å². The first-order valence-electron chi connectivity index (χ1n) is 10.9. The molecule has 0 amide bonds. The van der Waals surface area contributed by atoms with E-state index < -0.39 is 0 Å². The van der Waals surface area contributed by atoms with E-state index in [0.29, 0.717) is 29.4 Å². The zero-order chi connectivity index (χ0) is 22.7. The summed E-state index contributed by atoms with van der Waals surface area (Å²) in [7, 11) is 0. The lowest BCUT2D eigenvalue weighted by Gasteiger charge is -2.38. The van der Waals surface area contributed by atoms with Crippen LogP contribution in [0.1, 0.15) is 45.2 Å². The van der Waals surface area contributed by atoms with Gasteiger partial charge in [-0.25, -0.2) is 0 Å². The Bertz CT molecular complexity index is 1110. The average molecular weight is 449 g/mol. The van der Waals surface area contributed by atoms with E-state index in [0.717, 1.165) is 34.7 Å². The van der Waals surface area contributed by atoms with E-state index >= 15 is 0 Å². The molecule has 1 aromatic heterocycles. The molecule has 0 spiro atoms. The fraction of sp³-hybridized carbons (Fsp3) is 0.320. The van der Waals surface area contributed by atoms with E-state index in [1.807, 2.05) is 49.4 Å². The van der Waals surface area contributed by atoms with E-state index in [2.05, 4.69) is 48.3 Å². The molecule has 0 fully saturated rings. The van der Waals surface area contributed by atoms with Gasteiger partial charge in [-0.05, 0) is 61.8 Å². The SMILES string of the molecule is CCOc1ccc(-c2noc(C3=C(C)N(CC(C)C)C(=S)NC3c3ccccc3)n2)cc1. The monoisotopic (exact) mass is 448 g/mol. The van der Waals surface area contributed by atoms with Crippen LogP contribution in [0.3, 0.4) is 0 Å². The van der Waals surface area contributed by atoms with Gasteiger partial charge in [0.25, 0.3) is 5.89 Å². The highest BCUT2D eigenvalue weighted by Crippen LogP contribution is 2.37. The first-order valence-corrected chi connectivity index (χ1v) is 11.3. The fourth-order valence-corrected chi connectivity index (χ4v) is 4.19. The van der Waals surface area contributed by atoms with Crippen LogP contribution >= 0.6 is 12.2 Å². The lowest BCUT2D eigenvalue weighted by molar-refractivity contribution is 0.340. The summed E-state index contributed by atoms with van der Waals surface area (Å²) in [5.74, 6) is 2.29. The summed E-state index contributed by atoms with van der Waals surface area (Å²) >= 11 is 5.72. The van der Waals surface area contributed by atoms with Gasteiger partial charge < -0.3 is 19.5 Å². The first-order chi connectivity index (χ1) is 15.5. The molecule has 1 aliphatic heterocycles.